The molecule has 2 amide bonds. The predicted octanol–water partition coefficient (Wildman–Crippen LogP) is 2.40. The van der Waals surface area contributed by atoms with E-state index >= 15 is 0 Å². The molecule has 0 bridgehead atoms. The summed E-state index contributed by atoms with van der Waals surface area (Å²) >= 11 is 6.13. The molecule has 8 heteroatoms. The fraction of sp³-hybridized carbons (Fsp3) is 0.278. The van der Waals surface area contributed by atoms with Crippen LogP contribution in [0.2, 0.25) is 5.02 Å². The lowest BCUT2D eigenvalue weighted by molar-refractivity contribution is -0.119. The minimum Gasteiger partial charge on any atom is -0.495 e. The van der Waals surface area contributed by atoms with E-state index in [-0.39, 0.29) is 5.91 Å². The first kappa shape index (κ1) is 18.0. The molecule has 7 nitrogen and oxygen atoms in total. The molecule has 1 fully saturated rings. The molecule has 2 aromatic rings. The molecule has 0 aliphatic carbocycles. The fourth-order valence-electron chi connectivity index (χ4n) is 2.74. The number of anilines is 2. The number of aromatic nitrogens is 1. The molecule has 1 N–H and O–H groups in total. The van der Waals surface area contributed by atoms with Gasteiger partial charge in [-0.05, 0) is 30.3 Å². The van der Waals surface area contributed by atoms with Crippen LogP contribution in [0, 0.1) is 0 Å². The maximum atomic E-state index is 12.7. The van der Waals surface area contributed by atoms with Gasteiger partial charge in [0.15, 0.2) is 0 Å². The van der Waals surface area contributed by atoms with Gasteiger partial charge >= 0.3 is 0 Å². The maximum absolute atomic E-state index is 12.7. The Bertz CT molecular complexity index is 807. The third kappa shape index (κ3) is 4.05. The van der Waals surface area contributed by atoms with Crippen molar-refractivity contribution >= 4 is 35.4 Å². The zero-order chi connectivity index (χ0) is 18.5. The van der Waals surface area contributed by atoms with E-state index in [1.165, 1.54) is 0 Å². The number of rotatable bonds is 5. The summed E-state index contributed by atoms with van der Waals surface area (Å²) in [5.74, 6) is 1.06. The molecule has 0 atom stereocenters. The number of ether oxygens (including phenoxy) is 1. The Morgan fingerprint density at radius 3 is 2.65 bits per heavy atom. The standard InChI is InChI=1S/C18H19ClN4O3/c1-26-16-3-2-14(11-15(16)19)21-17-10-13(4-5-20-17)18(25)23-8-6-22(12-24)7-9-23/h2-5,10-12H,6-9H2,1H3,(H,20,21). The summed E-state index contributed by atoms with van der Waals surface area (Å²) in [5.41, 5.74) is 1.29. The molecule has 136 valence electrons. The number of carbonyl (C=O) groups is 2. The Hall–Kier alpha value is -2.80. The highest BCUT2D eigenvalue weighted by atomic mass is 35.5. The van der Waals surface area contributed by atoms with Crippen molar-refractivity contribution in [1.29, 1.82) is 0 Å². The molecule has 26 heavy (non-hydrogen) atoms. The van der Waals surface area contributed by atoms with Crippen LogP contribution < -0.4 is 10.1 Å². The van der Waals surface area contributed by atoms with Crippen molar-refractivity contribution in [3.63, 3.8) is 0 Å². The Morgan fingerprint density at radius 2 is 2.00 bits per heavy atom. The van der Waals surface area contributed by atoms with Crippen molar-refractivity contribution in [2.45, 2.75) is 0 Å². The summed E-state index contributed by atoms with van der Waals surface area (Å²) in [4.78, 5) is 31.1. The molecule has 2 heterocycles. The quantitative estimate of drug-likeness (QED) is 0.813. The van der Waals surface area contributed by atoms with Gasteiger partial charge < -0.3 is 19.9 Å². The summed E-state index contributed by atoms with van der Waals surface area (Å²) in [6, 6.07) is 8.69. The highest BCUT2D eigenvalue weighted by Crippen LogP contribution is 2.28. The number of amides is 2. The maximum Gasteiger partial charge on any atom is 0.254 e. The smallest absolute Gasteiger partial charge is 0.254 e. The van der Waals surface area contributed by atoms with Crippen LogP contribution in [0.15, 0.2) is 36.5 Å². The molecule has 0 spiro atoms. The second-order valence-corrected chi connectivity index (χ2v) is 6.24. The zero-order valence-corrected chi connectivity index (χ0v) is 15.1. The SMILES string of the molecule is COc1ccc(Nc2cc(C(=O)N3CCN(C=O)CC3)ccn2)cc1Cl. The van der Waals surface area contributed by atoms with Crippen molar-refractivity contribution < 1.29 is 14.3 Å². The number of hydrogen-bond acceptors (Lipinski definition) is 5. The van der Waals surface area contributed by atoms with Crippen LogP contribution in [0.5, 0.6) is 5.75 Å². The number of nitrogens with zero attached hydrogens (tertiary/aromatic N) is 3. The topological polar surface area (TPSA) is 74.8 Å². The predicted molar refractivity (Wildman–Crippen MR) is 99.1 cm³/mol. The Balaban J connectivity index is 1.71. The van der Waals surface area contributed by atoms with E-state index in [1.807, 2.05) is 6.07 Å². The monoisotopic (exact) mass is 374 g/mol. The van der Waals surface area contributed by atoms with Gasteiger partial charge in [0.2, 0.25) is 6.41 Å². The summed E-state index contributed by atoms with van der Waals surface area (Å²) in [6.07, 6.45) is 2.40. The van der Waals surface area contributed by atoms with Crippen molar-refractivity contribution in [3.8, 4) is 5.75 Å². The van der Waals surface area contributed by atoms with Gasteiger partial charge in [0.25, 0.3) is 5.91 Å². The third-order valence-corrected chi connectivity index (χ3v) is 4.48. The molecule has 1 saturated heterocycles. The Kier molecular flexibility index (Phi) is 5.58. The first-order chi connectivity index (χ1) is 12.6. The summed E-state index contributed by atoms with van der Waals surface area (Å²) < 4.78 is 5.13. The van der Waals surface area contributed by atoms with Crippen molar-refractivity contribution in [2.24, 2.45) is 0 Å². The molecule has 1 aromatic carbocycles. The van der Waals surface area contributed by atoms with Gasteiger partial charge in [-0.2, -0.15) is 0 Å². The molecule has 0 unspecified atom stereocenters. The van der Waals surface area contributed by atoms with Crippen molar-refractivity contribution in [2.75, 3.05) is 38.6 Å². The molecule has 1 aliphatic heterocycles. The number of nitrogens with one attached hydrogen (secondary N) is 1. The first-order valence-corrected chi connectivity index (χ1v) is 8.54. The summed E-state index contributed by atoms with van der Waals surface area (Å²) in [6.45, 7) is 2.15. The van der Waals surface area contributed by atoms with E-state index in [4.69, 9.17) is 16.3 Å². The summed E-state index contributed by atoms with van der Waals surface area (Å²) in [7, 11) is 1.56. The number of carbonyl (C=O) groups excluding carboxylic acids is 2. The Labute approximate surface area is 156 Å². The van der Waals surface area contributed by atoms with Crippen LogP contribution in [-0.2, 0) is 4.79 Å². The van der Waals surface area contributed by atoms with E-state index in [0.29, 0.717) is 48.3 Å². The van der Waals surface area contributed by atoms with Crippen molar-refractivity contribution in [1.82, 2.24) is 14.8 Å². The van der Waals surface area contributed by atoms with Gasteiger partial charge in [0.1, 0.15) is 11.6 Å². The molecule has 1 aromatic heterocycles. The van der Waals surface area contributed by atoms with Gasteiger partial charge in [-0.1, -0.05) is 11.6 Å². The van der Waals surface area contributed by atoms with Gasteiger partial charge in [-0.25, -0.2) is 4.98 Å². The van der Waals surface area contributed by atoms with E-state index < -0.39 is 0 Å². The van der Waals surface area contributed by atoms with Crippen LogP contribution in [0.25, 0.3) is 0 Å². The van der Waals surface area contributed by atoms with E-state index in [1.54, 1.807) is 47.4 Å². The second-order valence-electron chi connectivity index (χ2n) is 5.84. The average molecular weight is 375 g/mol. The van der Waals surface area contributed by atoms with Gasteiger partial charge in [0.05, 0.1) is 12.1 Å². The van der Waals surface area contributed by atoms with Gasteiger partial charge in [-0.3, -0.25) is 9.59 Å². The molecular weight excluding hydrogens is 356 g/mol. The average Bonchev–Trinajstić information content (AvgIpc) is 2.68. The van der Waals surface area contributed by atoms with Crippen LogP contribution in [0.4, 0.5) is 11.5 Å². The largest absolute Gasteiger partial charge is 0.495 e. The number of methoxy groups -OCH3 is 1. The molecule has 0 radical (unpaired) electrons. The second kappa shape index (κ2) is 8.05. The Morgan fingerprint density at radius 1 is 1.23 bits per heavy atom. The number of pyridine rings is 1. The normalized spacial score (nSPS) is 14.1. The molecule has 0 saturated carbocycles. The van der Waals surface area contributed by atoms with Gasteiger partial charge in [0, 0.05) is 43.6 Å². The van der Waals surface area contributed by atoms with E-state index in [2.05, 4.69) is 10.3 Å². The fourth-order valence-corrected chi connectivity index (χ4v) is 2.99. The lowest BCUT2D eigenvalue weighted by atomic mass is 10.2. The van der Waals surface area contributed by atoms with Crippen molar-refractivity contribution in [3.05, 3.63) is 47.1 Å². The van der Waals surface area contributed by atoms with Crippen LogP contribution in [0.3, 0.4) is 0 Å². The third-order valence-electron chi connectivity index (χ3n) is 4.18. The first-order valence-electron chi connectivity index (χ1n) is 8.16. The highest BCUT2D eigenvalue weighted by Gasteiger charge is 2.21. The number of hydrogen-bond donors (Lipinski definition) is 1. The van der Waals surface area contributed by atoms with E-state index in [9.17, 15) is 9.59 Å². The molecular formula is C18H19ClN4O3. The van der Waals surface area contributed by atoms with E-state index in [0.717, 1.165) is 12.1 Å². The summed E-state index contributed by atoms with van der Waals surface area (Å²) in [5, 5.41) is 3.62. The lowest BCUT2D eigenvalue weighted by Gasteiger charge is -2.32. The highest BCUT2D eigenvalue weighted by molar-refractivity contribution is 6.32. The minimum atomic E-state index is -0.0752. The molecule has 3 rings (SSSR count). The number of halogens is 1. The van der Waals surface area contributed by atoms with Crippen LogP contribution >= 0.6 is 11.6 Å². The zero-order valence-electron chi connectivity index (χ0n) is 14.3. The van der Waals surface area contributed by atoms with Gasteiger partial charge in [-0.15, -0.1) is 0 Å². The lowest BCUT2D eigenvalue weighted by Crippen LogP contribution is -2.48. The minimum absolute atomic E-state index is 0.0752. The van der Waals surface area contributed by atoms with Crippen LogP contribution in [0.1, 0.15) is 10.4 Å². The molecule has 1 aliphatic rings. The number of piperazine rings is 1. The van der Waals surface area contributed by atoms with Crippen LogP contribution in [-0.4, -0.2) is 60.4 Å². The number of benzene rings is 1.